The predicted molar refractivity (Wildman–Crippen MR) is 105 cm³/mol. The number of hydrogen-bond acceptors (Lipinski definition) is 5. The Morgan fingerprint density at radius 1 is 1.26 bits per heavy atom. The van der Waals surface area contributed by atoms with Gasteiger partial charge in [0.15, 0.2) is 10.8 Å². The van der Waals surface area contributed by atoms with Gasteiger partial charge in [0, 0.05) is 42.6 Å². The normalized spacial score (nSPS) is 15.3. The lowest BCUT2D eigenvalue weighted by Gasteiger charge is -2.34. The van der Waals surface area contributed by atoms with Crippen molar-refractivity contribution in [3.63, 3.8) is 0 Å². The minimum Gasteiger partial charge on any atom is -0.462 e. The average Bonchev–Trinajstić information content (AvgIpc) is 3.33. The summed E-state index contributed by atoms with van der Waals surface area (Å²) in [6.45, 7) is 3.34. The van der Waals surface area contributed by atoms with E-state index < -0.39 is 5.82 Å². The lowest BCUT2D eigenvalue weighted by atomic mass is 10.1. The fourth-order valence-corrected chi connectivity index (χ4v) is 4.17. The van der Waals surface area contributed by atoms with Gasteiger partial charge in [-0.3, -0.25) is 9.69 Å². The van der Waals surface area contributed by atoms with Crippen LogP contribution in [0.15, 0.2) is 50.9 Å². The first-order chi connectivity index (χ1) is 13.1. The van der Waals surface area contributed by atoms with Crippen molar-refractivity contribution in [1.82, 2.24) is 14.8 Å². The van der Waals surface area contributed by atoms with E-state index in [0.717, 1.165) is 36.1 Å². The van der Waals surface area contributed by atoms with E-state index in [0.29, 0.717) is 17.6 Å². The summed E-state index contributed by atoms with van der Waals surface area (Å²) in [7, 11) is 0. The van der Waals surface area contributed by atoms with Gasteiger partial charge < -0.3 is 9.32 Å². The number of amides is 1. The van der Waals surface area contributed by atoms with E-state index in [1.165, 1.54) is 12.1 Å². The van der Waals surface area contributed by atoms with Crippen LogP contribution < -0.4 is 0 Å². The fraction of sp³-hybridized carbons (Fsp3) is 0.263. The van der Waals surface area contributed by atoms with E-state index in [4.69, 9.17) is 4.42 Å². The molecule has 0 atom stereocenters. The second-order valence-corrected chi connectivity index (χ2v) is 8.09. The highest BCUT2D eigenvalue weighted by Gasteiger charge is 2.24. The van der Waals surface area contributed by atoms with Crippen LogP contribution in [0, 0.1) is 5.82 Å². The third kappa shape index (κ3) is 4.12. The number of aromatic nitrogens is 1. The summed E-state index contributed by atoms with van der Waals surface area (Å²) < 4.78 is 20.0. The molecule has 140 valence electrons. The summed E-state index contributed by atoms with van der Waals surface area (Å²) in [5, 5.41) is 2.90. The Morgan fingerprint density at radius 2 is 2.07 bits per heavy atom. The van der Waals surface area contributed by atoms with Gasteiger partial charge in [0.2, 0.25) is 0 Å². The van der Waals surface area contributed by atoms with Gasteiger partial charge in [-0.1, -0.05) is 15.9 Å². The molecule has 2 aromatic heterocycles. The number of benzene rings is 1. The lowest BCUT2D eigenvalue weighted by molar-refractivity contribution is 0.0622. The number of piperazine rings is 1. The Kier molecular flexibility index (Phi) is 5.38. The van der Waals surface area contributed by atoms with Gasteiger partial charge in [0.1, 0.15) is 5.82 Å². The maximum atomic E-state index is 14.0. The van der Waals surface area contributed by atoms with Crippen molar-refractivity contribution in [2.45, 2.75) is 6.54 Å². The van der Waals surface area contributed by atoms with Crippen molar-refractivity contribution in [2.75, 3.05) is 26.2 Å². The van der Waals surface area contributed by atoms with Crippen molar-refractivity contribution < 1.29 is 13.6 Å². The van der Waals surface area contributed by atoms with Gasteiger partial charge >= 0.3 is 0 Å². The van der Waals surface area contributed by atoms with Crippen molar-refractivity contribution in [3.05, 3.63) is 63.5 Å². The van der Waals surface area contributed by atoms with Crippen molar-refractivity contribution in [3.8, 4) is 10.8 Å². The van der Waals surface area contributed by atoms with Crippen LogP contribution in [-0.4, -0.2) is 46.9 Å². The topological polar surface area (TPSA) is 49.6 Å². The molecule has 5 nitrogen and oxygen atoms in total. The molecule has 1 aliphatic heterocycles. The molecule has 0 unspecified atom stereocenters. The molecule has 0 spiro atoms. The second kappa shape index (κ2) is 7.92. The smallest absolute Gasteiger partial charge is 0.256 e. The summed E-state index contributed by atoms with van der Waals surface area (Å²) in [6.07, 6.45) is 1.64. The van der Waals surface area contributed by atoms with Crippen LogP contribution in [0.5, 0.6) is 0 Å². The van der Waals surface area contributed by atoms with Crippen LogP contribution in [0.4, 0.5) is 4.39 Å². The van der Waals surface area contributed by atoms with Crippen LogP contribution in [-0.2, 0) is 6.54 Å². The zero-order valence-corrected chi connectivity index (χ0v) is 16.8. The highest BCUT2D eigenvalue weighted by Crippen LogP contribution is 2.25. The van der Waals surface area contributed by atoms with E-state index in [-0.39, 0.29) is 11.5 Å². The molecular weight excluding hydrogens is 433 g/mol. The third-order valence-electron chi connectivity index (χ3n) is 4.49. The number of carbonyl (C=O) groups is 1. The first-order valence-corrected chi connectivity index (χ1v) is 10.2. The molecule has 1 fully saturated rings. The minimum absolute atomic E-state index is 0.120. The monoisotopic (exact) mass is 449 g/mol. The first kappa shape index (κ1) is 18.3. The molecule has 8 heteroatoms. The minimum atomic E-state index is -0.496. The van der Waals surface area contributed by atoms with Crippen molar-refractivity contribution in [1.29, 1.82) is 0 Å². The van der Waals surface area contributed by atoms with Crippen LogP contribution in [0.2, 0.25) is 0 Å². The highest BCUT2D eigenvalue weighted by atomic mass is 79.9. The van der Waals surface area contributed by atoms with Gasteiger partial charge in [-0.05, 0) is 30.3 Å². The highest BCUT2D eigenvalue weighted by molar-refractivity contribution is 9.10. The second-order valence-electron chi connectivity index (χ2n) is 6.31. The molecule has 1 aliphatic rings. The Bertz CT molecular complexity index is 936. The number of thiazole rings is 1. The molecular formula is C19H17BrFN3O2S. The lowest BCUT2D eigenvalue weighted by Crippen LogP contribution is -2.48. The summed E-state index contributed by atoms with van der Waals surface area (Å²) >= 11 is 4.77. The summed E-state index contributed by atoms with van der Waals surface area (Å²) in [5.41, 5.74) is 1.11. The molecule has 1 amide bonds. The standard InChI is InChI=1S/C19H17BrFN3O2S/c20-13-3-4-15(16(21)10-13)19(25)24-7-5-23(6-8-24)11-14-12-27-18(22-14)17-2-1-9-26-17/h1-4,9-10,12H,5-8,11H2. The van der Waals surface area contributed by atoms with Gasteiger partial charge in [-0.2, -0.15) is 0 Å². The Labute approximate surface area is 168 Å². The number of rotatable bonds is 4. The molecule has 4 rings (SSSR count). The number of furan rings is 1. The molecule has 1 aromatic carbocycles. The van der Waals surface area contributed by atoms with Crippen LogP contribution >= 0.6 is 27.3 Å². The maximum Gasteiger partial charge on any atom is 0.256 e. The number of halogens is 2. The Hall–Kier alpha value is -2.03. The molecule has 0 N–H and O–H groups in total. The SMILES string of the molecule is O=C(c1ccc(Br)cc1F)N1CCN(Cc2csc(-c3ccco3)n2)CC1. The Balaban J connectivity index is 1.34. The molecule has 0 aliphatic carbocycles. The van der Waals surface area contributed by atoms with Crippen LogP contribution in [0.25, 0.3) is 10.8 Å². The largest absolute Gasteiger partial charge is 0.462 e. The van der Waals surface area contributed by atoms with Gasteiger partial charge in [0.25, 0.3) is 5.91 Å². The summed E-state index contributed by atoms with van der Waals surface area (Å²) in [6, 6.07) is 8.28. The maximum absolute atomic E-state index is 14.0. The van der Waals surface area contributed by atoms with E-state index in [1.807, 2.05) is 17.5 Å². The average molecular weight is 450 g/mol. The third-order valence-corrected chi connectivity index (χ3v) is 5.89. The summed E-state index contributed by atoms with van der Waals surface area (Å²) in [5.74, 6) is 0.0244. The molecule has 1 saturated heterocycles. The van der Waals surface area contributed by atoms with E-state index in [1.54, 1.807) is 28.6 Å². The molecule has 3 heterocycles. The predicted octanol–water partition coefficient (Wildman–Crippen LogP) is 4.26. The van der Waals surface area contributed by atoms with Gasteiger partial charge in [-0.25, -0.2) is 9.37 Å². The van der Waals surface area contributed by atoms with Crippen LogP contribution in [0.3, 0.4) is 0 Å². The van der Waals surface area contributed by atoms with Crippen LogP contribution in [0.1, 0.15) is 16.1 Å². The molecule has 3 aromatic rings. The Morgan fingerprint density at radius 3 is 2.78 bits per heavy atom. The summed E-state index contributed by atoms with van der Waals surface area (Å²) in [4.78, 5) is 21.1. The van der Waals surface area contributed by atoms with Crippen molar-refractivity contribution >= 4 is 33.2 Å². The van der Waals surface area contributed by atoms with Gasteiger partial charge in [0.05, 0.1) is 17.5 Å². The van der Waals surface area contributed by atoms with E-state index in [9.17, 15) is 9.18 Å². The number of hydrogen-bond donors (Lipinski definition) is 0. The molecule has 27 heavy (non-hydrogen) atoms. The molecule has 0 radical (unpaired) electrons. The molecule has 0 bridgehead atoms. The number of nitrogens with zero attached hydrogens (tertiary/aromatic N) is 3. The van der Waals surface area contributed by atoms with Gasteiger partial charge in [-0.15, -0.1) is 11.3 Å². The fourth-order valence-electron chi connectivity index (χ4n) is 3.06. The number of carbonyl (C=O) groups excluding carboxylic acids is 1. The first-order valence-electron chi connectivity index (χ1n) is 8.55. The van der Waals surface area contributed by atoms with E-state index >= 15 is 0 Å². The van der Waals surface area contributed by atoms with E-state index in [2.05, 4.69) is 25.8 Å². The molecule has 0 saturated carbocycles. The quantitative estimate of drug-likeness (QED) is 0.596. The zero-order valence-electron chi connectivity index (χ0n) is 14.4. The van der Waals surface area contributed by atoms with Crippen molar-refractivity contribution in [2.24, 2.45) is 0 Å². The zero-order chi connectivity index (χ0) is 18.8.